The van der Waals surface area contributed by atoms with Gasteiger partial charge in [-0.25, -0.2) is 19.5 Å². The standard InChI is InChI=1S/C20H26N10O13P2/c21-19-23-1-6-14(26-19)29(4-24-6)17-11(33)12(42-44(35)36)8(41-17)3-39-45(37,38)43-13-10(32)7(2-31)40-18(13)30-5-25-9-15(30)27-20(22)28-16(9)34/h1,4-5,7-8,10-13,17-18,31-33,44H,2-3H2,(H,35,36)(H,37,38)(H2,21,23,26)(H3,22,27,28,34)/t7-,8-,10-,11-,12-,13-,17-,18-/m1/s1. The van der Waals surface area contributed by atoms with E-state index >= 15 is 0 Å². The molecule has 244 valence electrons. The number of imidazole rings is 2. The molecule has 4 aromatic rings. The van der Waals surface area contributed by atoms with Gasteiger partial charge in [-0.2, -0.15) is 9.97 Å². The van der Waals surface area contributed by atoms with E-state index in [1.807, 2.05) is 0 Å². The first-order valence-corrected chi connectivity index (χ1v) is 15.6. The molecule has 0 amide bonds. The Hall–Kier alpha value is -3.44. The molecule has 0 aliphatic carbocycles. The molecular weight excluding hydrogens is 650 g/mol. The molecule has 0 radical (unpaired) electrons. The third-order valence-electron chi connectivity index (χ3n) is 7.03. The van der Waals surface area contributed by atoms with Crippen LogP contribution in [0.1, 0.15) is 12.5 Å². The first kappa shape index (κ1) is 31.5. The third kappa shape index (κ3) is 5.96. The first-order chi connectivity index (χ1) is 21.4. The maximum absolute atomic E-state index is 13.1. The minimum Gasteiger partial charge on any atom is -0.394 e. The predicted octanol–water partition coefficient (Wildman–Crippen LogP) is -3.10. The average Bonchev–Trinajstić information content (AvgIpc) is 3.72. The van der Waals surface area contributed by atoms with Crippen LogP contribution in [0.15, 0.2) is 23.6 Å². The molecule has 2 fully saturated rings. The van der Waals surface area contributed by atoms with Crippen LogP contribution in [0, 0.1) is 0 Å². The Morgan fingerprint density at radius 2 is 1.73 bits per heavy atom. The van der Waals surface area contributed by atoms with Crippen LogP contribution in [-0.2, 0) is 32.2 Å². The van der Waals surface area contributed by atoms with Gasteiger partial charge in [-0.05, 0) is 0 Å². The summed E-state index contributed by atoms with van der Waals surface area (Å²) in [5.74, 6) is -0.392. The fraction of sp³-hybridized carbons (Fsp3) is 0.500. The van der Waals surface area contributed by atoms with Crippen LogP contribution >= 0.6 is 16.1 Å². The highest BCUT2D eigenvalue weighted by Gasteiger charge is 2.51. The van der Waals surface area contributed by atoms with Crippen LogP contribution in [-0.4, -0.2) is 114 Å². The normalized spacial score (nSPS) is 30.7. The van der Waals surface area contributed by atoms with Gasteiger partial charge in [0, 0.05) is 0 Å². The molecule has 10 atom stereocenters. The lowest BCUT2D eigenvalue weighted by molar-refractivity contribution is -0.0609. The molecule has 45 heavy (non-hydrogen) atoms. The lowest BCUT2D eigenvalue weighted by Gasteiger charge is -2.25. The number of hydrogen-bond acceptors (Lipinski definition) is 18. The fourth-order valence-electron chi connectivity index (χ4n) is 5.06. The second-order valence-electron chi connectivity index (χ2n) is 9.84. The van der Waals surface area contributed by atoms with Crippen LogP contribution in [0.25, 0.3) is 22.3 Å². The number of nitrogens with one attached hydrogen (secondary N) is 1. The lowest BCUT2D eigenvalue weighted by Crippen LogP contribution is -2.36. The maximum atomic E-state index is 13.1. The minimum atomic E-state index is -5.17. The van der Waals surface area contributed by atoms with Crippen LogP contribution in [0.5, 0.6) is 0 Å². The summed E-state index contributed by atoms with van der Waals surface area (Å²) in [6.07, 6.45) is -8.48. The highest BCUT2D eigenvalue weighted by Crippen LogP contribution is 2.50. The molecule has 2 aliphatic rings. The molecule has 23 nitrogen and oxygen atoms in total. The van der Waals surface area contributed by atoms with E-state index in [4.69, 9.17) is 34.5 Å². The largest absolute Gasteiger partial charge is 0.472 e. The Bertz CT molecular complexity index is 1850. The number of aromatic nitrogens is 8. The molecule has 10 N–H and O–H groups in total. The number of fused-ring (bicyclic) bond motifs is 2. The van der Waals surface area contributed by atoms with Gasteiger partial charge >= 0.3 is 16.1 Å². The molecule has 25 heteroatoms. The number of anilines is 2. The molecule has 2 aliphatic heterocycles. The number of phosphoric ester groups is 1. The number of aliphatic hydroxyl groups is 3. The summed E-state index contributed by atoms with van der Waals surface area (Å²) < 4.78 is 53.8. The van der Waals surface area contributed by atoms with Gasteiger partial charge in [-0.3, -0.25) is 32.5 Å². The van der Waals surface area contributed by atoms with Crippen molar-refractivity contribution in [3.63, 3.8) is 0 Å². The van der Waals surface area contributed by atoms with Gasteiger partial charge in [0.05, 0.1) is 32.1 Å². The van der Waals surface area contributed by atoms with Gasteiger partial charge in [0.2, 0.25) is 11.9 Å². The predicted molar refractivity (Wildman–Crippen MR) is 146 cm³/mol. The number of phosphoric acid groups is 1. The number of ether oxygens (including phenoxy) is 2. The van der Waals surface area contributed by atoms with E-state index in [0.29, 0.717) is 0 Å². The first-order valence-electron chi connectivity index (χ1n) is 12.9. The van der Waals surface area contributed by atoms with Crippen LogP contribution in [0.3, 0.4) is 0 Å². The summed E-state index contributed by atoms with van der Waals surface area (Å²) in [4.78, 5) is 54.4. The lowest BCUT2D eigenvalue weighted by atomic mass is 10.1. The highest BCUT2D eigenvalue weighted by molar-refractivity contribution is 7.47. The van der Waals surface area contributed by atoms with Gasteiger partial charge in [-0.1, -0.05) is 0 Å². The van der Waals surface area contributed by atoms with E-state index in [9.17, 15) is 39.0 Å². The molecule has 0 bridgehead atoms. The van der Waals surface area contributed by atoms with Crippen molar-refractivity contribution < 1.29 is 57.3 Å². The van der Waals surface area contributed by atoms with Crippen molar-refractivity contribution in [1.82, 2.24) is 39.0 Å². The second kappa shape index (κ2) is 12.1. The van der Waals surface area contributed by atoms with Crippen molar-refractivity contribution in [2.75, 3.05) is 24.7 Å². The van der Waals surface area contributed by atoms with E-state index < -0.39 is 83.9 Å². The van der Waals surface area contributed by atoms with Gasteiger partial charge < -0.3 is 50.6 Å². The van der Waals surface area contributed by atoms with Crippen molar-refractivity contribution in [2.45, 2.75) is 49.1 Å². The fourth-order valence-corrected chi connectivity index (χ4v) is 6.52. The summed E-state index contributed by atoms with van der Waals surface area (Å²) >= 11 is 0. The van der Waals surface area contributed by atoms with Gasteiger partial charge in [-0.15, -0.1) is 0 Å². The Morgan fingerprint density at radius 1 is 1.02 bits per heavy atom. The zero-order valence-electron chi connectivity index (χ0n) is 22.5. The smallest absolute Gasteiger partial charge is 0.394 e. The quantitative estimate of drug-likeness (QED) is 0.0771. The number of hydrogen-bond donors (Lipinski definition) is 8. The second-order valence-corrected chi connectivity index (χ2v) is 12.0. The minimum absolute atomic E-state index is 0.113. The molecule has 0 saturated carbocycles. The van der Waals surface area contributed by atoms with E-state index in [0.717, 1.165) is 10.9 Å². The van der Waals surface area contributed by atoms with Crippen molar-refractivity contribution >= 4 is 50.3 Å². The average molecular weight is 676 g/mol. The molecule has 4 aromatic heterocycles. The zero-order valence-corrected chi connectivity index (χ0v) is 24.4. The summed E-state index contributed by atoms with van der Waals surface area (Å²) in [5.41, 5.74) is 10.7. The molecule has 6 heterocycles. The van der Waals surface area contributed by atoms with E-state index in [-0.39, 0.29) is 34.2 Å². The van der Waals surface area contributed by atoms with Gasteiger partial charge in [0.1, 0.15) is 42.1 Å². The Kier molecular flexibility index (Phi) is 8.45. The number of nitrogens with zero attached hydrogens (tertiary/aromatic N) is 7. The summed E-state index contributed by atoms with van der Waals surface area (Å²) in [7, 11) is -8.83. The van der Waals surface area contributed by atoms with Crippen LogP contribution < -0.4 is 17.0 Å². The van der Waals surface area contributed by atoms with Gasteiger partial charge in [0.15, 0.2) is 29.3 Å². The highest BCUT2D eigenvalue weighted by atomic mass is 31.2. The Labute approximate surface area is 249 Å². The number of nitrogens with two attached hydrogens (primary N) is 2. The molecule has 2 saturated heterocycles. The zero-order chi connectivity index (χ0) is 32.2. The maximum Gasteiger partial charge on any atom is 0.472 e. The van der Waals surface area contributed by atoms with E-state index in [1.165, 1.54) is 17.1 Å². The van der Waals surface area contributed by atoms with Crippen molar-refractivity contribution in [3.05, 3.63) is 29.2 Å². The number of aliphatic hydroxyl groups excluding tert-OH is 3. The summed E-state index contributed by atoms with van der Waals surface area (Å²) in [5, 5.41) is 31.4. The molecule has 0 aromatic carbocycles. The molecule has 0 spiro atoms. The Morgan fingerprint density at radius 3 is 2.47 bits per heavy atom. The summed E-state index contributed by atoms with van der Waals surface area (Å²) in [6, 6.07) is 0. The number of aromatic amines is 1. The molecule has 6 rings (SSSR count). The number of rotatable bonds is 10. The van der Waals surface area contributed by atoms with Crippen molar-refractivity contribution in [2.24, 2.45) is 0 Å². The van der Waals surface area contributed by atoms with E-state index in [2.05, 4.69) is 29.9 Å². The van der Waals surface area contributed by atoms with E-state index in [1.54, 1.807) is 0 Å². The van der Waals surface area contributed by atoms with Crippen LogP contribution in [0.2, 0.25) is 0 Å². The topological polar surface area (TPSA) is 341 Å². The van der Waals surface area contributed by atoms with Gasteiger partial charge in [0.25, 0.3) is 5.56 Å². The third-order valence-corrected chi connectivity index (χ3v) is 8.49. The number of H-pyrrole nitrogens is 1. The number of nitrogen functional groups attached to an aromatic ring is 2. The van der Waals surface area contributed by atoms with Crippen molar-refractivity contribution in [3.8, 4) is 0 Å². The van der Waals surface area contributed by atoms with Crippen LogP contribution in [0.4, 0.5) is 11.9 Å². The molecular formula is C20H26N10O13P2. The molecule has 2 unspecified atom stereocenters. The SMILES string of the molecule is Nc1ncc2ncn([C@@H]3O[C@H](COP(=O)(O)O[C@@H]4[C@H](O)[C@@H](CO)O[C@H]4n4cnc5c(=O)[nH]c(N)nc54)[C@@H](O[PH](=O)O)[C@H]3O)c2n1. The Balaban J connectivity index is 1.22. The monoisotopic (exact) mass is 676 g/mol. The van der Waals surface area contributed by atoms with Crippen molar-refractivity contribution in [1.29, 1.82) is 0 Å². The summed E-state index contributed by atoms with van der Waals surface area (Å²) in [6.45, 7) is -1.57.